The molecule has 0 aliphatic rings. The highest BCUT2D eigenvalue weighted by Crippen LogP contribution is 2.27. The van der Waals surface area contributed by atoms with Gasteiger partial charge in [0, 0.05) is 6.20 Å². The molecular formula is C14H16N2O. The van der Waals surface area contributed by atoms with E-state index in [2.05, 4.69) is 4.98 Å². The lowest BCUT2D eigenvalue weighted by atomic mass is 10.2. The van der Waals surface area contributed by atoms with Crippen molar-refractivity contribution < 1.29 is 4.74 Å². The molecule has 1 aromatic heterocycles. The molecule has 1 atom stereocenters. The summed E-state index contributed by atoms with van der Waals surface area (Å²) in [6.45, 7) is 3.97. The molecule has 1 heterocycles. The maximum Gasteiger partial charge on any atom is 0.143 e. The summed E-state index contributed by atoms with van der Waals surface area (Å²) in [6, 6.07) is 11.5. The first-order valence-corrected chi connectivity index (χ1v) is 5.60. The van der Waals surface area contributed by atoms with Crippen molar-refractivity contribution in [1.29, 1.82) is 0 Å². The molecule has 0 bridgehead atoms. The highest BCUT2D eigenvalue weighted by Gasteiger charge is 2.10. The maximum atomic E-state index is 5.87. The first kappa shape index (κ1) is 11.5. The SMILES string of the molecule is Cc1ccc(N)c(OC(C)c2ccccn2)c1. The maximum absolute atomic E-state index is 5.87. The Balaban J connectivity index is 2.18. The summed E-state index contributed by atoms with van der Waals surface area (Å²) in [5.41, 5.74) is 8.55. The molecule has 0 saturated carbocycles. The van der Waals surface area contributed by atoms with Gasteiger partial charge >= 0.3 is 0 Å². The van der Waals surface area contributed by atoms with Crippen molar-refractivity contribution in [3.63, 3.8) is 0 Å². The van der Waals surface area contributed by atoms with E-state index >= 15 is 0 Å². The fraction of sp³-hybridized carbons (Fsp3) is 0.214. The van der Waals surface area contributed by atoms with Gasteiger partial charge in [-0.15, -0.1) is 0 Å². The molecule has 17 heavy (non-hydrogen) atoms. The van der Waals surface area contributed by atoms with Crippen molar-refractivity contribution >= 4 is 5.69 Å². The summed E-state index contributed by atoms with van der Waals surface area (Å²) in [7, 11) is 0. The minimum Gasteiger partial charge on any atom is -0.482 e. The number of nitrogen functional groups attached to an aromatic ring is 1. The zero-order valence-corrected chi connectivity index (χ0v) is 10.1. The number of hydrogen-bond donors (Lipinski definition) is 1. The number of rotatable bonds is 3. The minimum atomic E-state index is -0.111. The molecule has 0 fully saturated rings. The molecule has 1 aromatic carbocycles. The Hall–Kier alpha value is -2.03. The second-order valence-electron chi connectivity index (χ2n) is 4.06. The summed E-state index contributed by atoms with van der Waals surface area (Å²) in [5, 5.41) is 0. The van der Waals surface area contributed by atoms with Crippen LogP contribution in [0.5, 0.6) is 5.75 Å². The van der Waals surface area contributed by atoms with Gasteiger partial charge in [0.1, 0.15) is 11.9 Å². The van der Waals surface area contributed by atoms with E-state index in [0.29, 0.717) is 11.4 Å². The molecular weight excluding hydrogens is 212 g/mol. The summed E-state index contributed by atoms with van der Waals surface area (Å²) in [4.78, 5) is 4.26. The predicted molar refractivity (Wildman–Crippen MR) is 68.9 cm³/mol. The van der Waals surface area contributed by atoms with Crippen molar-refractivity contribution in [3.05, 3.63) is 53.9 Å². The van der Waals surface area contributed by atoms with Gasteiger partial charge in [-0.25, -0.2) is 0 Å². The molecule has 0 aliphatic heterocycles. The van der Waals surface area contributed by atoms with Crippen LogP contribution in [-0.2, 0) is 0 Å². The third-order valence-corrected chi connectivity index (χ3v) is 2.58. The molecule has 1 unspecified atom stereocenters. The van der Waals surface area contributed by atoms with Gasteiger partial charge in [-0.3, -0.25) is 4.98 Å². The van der Waals surface area contributed by atoms with Crippen LogP contribution in [0.4, 0.5) is 5.69 Å². The zero-order valence-electron chi connectivity index (χ0n) is 10.1. The van der Waals surface area contributed by atoms with Crippen LogP contribution in [0.1, 0.15) is 24.3 Å². The number of anilines is 1. The smallest absolute Gasteiger partial charge is 0.143 e. The number of hydrogen-bond acceptors (Lipinski definition) is 3. The van der Waals surface area contributed by atoms with Crippen molar-refractivity contribution in [2.45, 2.75) is 20.0 Å². The Morgan fingerprint density at radius 3 is 2.76 bits per heavy atom. The Bertz CT molecular complexity index is 497. The van der Waals surface area contributed by atoms with Crippen LogP contribution in [0.25, 0.3) is 0 Å². The van der Waals surface area contributed by atoms with Gasteiger partial charge in [0.25, 0.3) is 0 Å². The van der Waals surface area contributed by atoms with Crippen LogP contribution in [0.2, 0.25) is 0 Å². The van der Waals surface area contributed by atoms with Gasteiger partial charge in [0.2, 0.25) is 0 Å². The third-order valence-electron chi connectivity index (χ3n) is 2.58. The minimum absolute atomic E-state index is 0.111. The van der Waals surface area contributed by atoms with E-state index in [1.165, 1.54) is 0 Å². The lowest BCUT2D eigenvalue weighted by Crippen LogP contribution is -2.06. The fourth-order valence-corrected chi connectivity index (χ4v) is 1.61. The molecule has 0 amide bonds. The summed E-state index contributed by atoms with van der Waals surface area (Å²) in [5.74, 6) is 0.711. The first-order chi connectivity index (χ1) is 8.16. The van der Waals surface area contributed by atoms with Crippen LogP contribution in [0, 0.1) is 6.92 Å². The average molecular weight is 228 g/mol. The zero-order chi connectivity index (χ0) is 12.3. The standard InChI is InChI=1S/C14H16N2O/c1-10-6-7-12(15)14(9-10)17-11(2)13-5-3-4-8-16-13/h3-9,11H,15H2,1-2H3. The van der Waals surface area contributed by atoms with Crippen LogP contribution < -0.4 is 10.5 Å². The van der Waals surface area contributed by atoms with Crippen molar-refractivity contribution in [2.24, 2.45) is 0 Å². The van der Waals surface area contributed by atoms with E-state index in [4.69, 9.17) is 10.5 Å². The molecule has 0 spiro atoms. The largest absolute Gasteiger partial charge is 0.482 e. The van der Waals surface area contributed by atoms with Gasteiger partial charge in [-0.2, -0.15) is 0 Å². The first-order valence-electron chi connectivity index (χ1n) is 5.60. The van der Waals surface area contributed by atoms with Crippen molar-refractivity contribution in [2.75, 3.05) is 5.73 Å². The Morgan fingerprint density at radius 2 is 2.06 bits per heavy atom. The van der Waals surface area contributed by atoms with E-state index in [0.717, 1.165) is 11.3 Å². The Labute approximate surface area is 101 Å². The van der Waals surface area contributed by atoms with Gasteiger partial charge in [-0.1, -0.05) is 12.1 Å². The number of aryl methyl sites for hydroxylation is 1. The quantitative estimate of drug-likeness (QED) is 0.821. The molecule has 88 valence electrons. The van der Waals surface area contributed by atoms with Gasteiger partial charge in [0.05, 0.1) is 11.4 Å². The van der Waals surface area contributed by atoms with E-state index < -0.39 is 0 Å². The van der Waals surface area contributed by atoms with E-state index in [9.17, 15) is 0 Å². The van der Waals surface area contributed by atoms with Gasteiger partial charge in [-0.05, 0) is 43.7 Å². The summed E-state index contributed by atoms with van der Waals surface area (Å²) >= 11 is 0. The van der Waals surface area contributed by atoms with Crippen LogP contribution in [0.3, 0.4) is 0 Å². The number of nitrogens with zero attached hydrogens (tertiary/aromatic N) is 1. The topological polar surface area (TPSA) is 48.1 Å². The summed E-state index contributed by atoms with van der Waals surface area (Å²) < 4.78 is 5.82. The Kier molecular flexibility index (Phi) is 3.28. The van der Waals surface area contributed by atoms with E-state index in [1.54, 1.807) is 6.20 Å². The van der Waals surface area contributed by atoms with E-state index in [1.807, 2.05) is 50.2 Å². The van der Waals surface area contributed by atoms with Crippen molar-refractivity contribution in [1.82, 2.24) is 4.98 Å². The number of benzene rings is 1. The van der Waals surface area contributed by atoms with Crippen LogP contribution >= 0.6 is 0 Å². The monoisotopic (exact) mass is 228 g/mol. The van der Waals surface area contributed by atoms with Crippen LogP contribution in [-0.4, -0.2) is 4.98 Å². The second kappa shape index (κ2) is 4.87. The van der Waals surface area contributed by atoms with Crippen molar-refractivity contribution in [3.8, 4) is 5.75 Å². The van der Waals surface area contributed by atoms with Gasteiger partial charge in [0.15, 0.2) is 0 Å². The molecule has 0 saturated heterocycles. The summed E-state index contributed by atoms with van der Waals surface area (Å²) in [6.07, 6.45) is 1.65. The molecule has 3 heteroatoms. The predicted octanol–water partition coefficient (Wildman–Crippen LogP) is 3.11. The highest BCUT2D eigenvalue weighted by atomic mass is 16.5. The lowest BCUT2D eigenvalue weighted by molar-refractivity contribution is 0.223. The number of ether oxygens (including phenoxy) is 1. The number of aromatic nitrogens is 1. The number of pyridine rings is 1. The molecule has 0 radical (unpaired) electrons. The molecule has 3 nitrogen and oxygen atoms in total. The van der Waals surface area contributed by atoms with Gasteiger partial charge < -0.3 is 10.5 Å². The Morgan fingerprint density at radius 1 is 1.24 bits per heavy atom. The van der Waals surface area contributed by atoms with E-state index in [-0.39, 0.29) is 6.10 Å². The number of nitrogens with two attached hydrogens (primary N) is 1. The second-order valence-corrected chi connectivity index (χ2v) is 4.06. The highest BCUT2D eigenvalue weighted by molar-refractivity contribution is 5.53. The third kappa shape index (κ3) is 2.75. The molecule has 2 N–H and O–H groups in total. The van der Waals surface area contributed by atoms with Crippen LogP contribution in [0.15, 0.2) is 42.6 Å². The molecule has 2 rings (SSSR count). The lowest BCUT2D eigenvalue weighted by Gasteiger charge is -2.16. The average Bonchev–Trinajstić information content (AvgIpc) is 2.35. The molecule has 0 aliphatic carbocycles. The fourth-order valence-electron chi connectivity index (χ4n) is 1.61. The molecule has 2 aromatic rings. The normalized spacial score (nSPS) is 12.1.